The van der Waals surface area contributed by atoms with Crippen molar-refractivity contribution in [3.63, 3.8) is 0 Å². The third kappa shape index (κ3) is 1.65. The predicted molar refractivity (Wildman–Crippen MR) is 46.4 cm³/mol. The Bertz CT molecular complexity index is 296. The van der Waals surface area contributed by atoms with Crippen molar-refractivity contribution >= 4 is 11.6 Å². The van der Waals surface area contributed by atoms with E-state index < -0.39 is 5.60 Å². The van der Waals surface area contributed by atoms with E-state index >= 15 is 0 Å². The van der Waals surface area contributed by atoms with Gasteiger partial charge in [-0.3, -0.25) is 0 Å². The van der Waals surface area contributed by atoms with E-state index in [4.69, 9.17) is 16.3 Å². The van der Waals surface area contributed by atoms with Crippen molar-refractivity contribution in [1.82, 2.24) is 9.97 Å². The van der Waals surface area contributed by atoms with E-state index in [1.165, 1.54) is 12.4 Å². The molecule has 1 aromatic heterocycles. The van der Waals surface area contributed by atoms with Crippen LogP contribution in [0.3, 0.4) is 0 Å². The van der Waals surface area contributed by atoms with Gasteiger partial charge in [0, 0.05) is 31.0 Å². The smallest absolute Gasteiger partial charge is 0.222 e. The summed E-state index contributed by atoms with van der Waals surface area (Å²) < 4.78 is 5.11. The molecule has 2 rings (SSSR count). The summed E-state index contributed by atoms with van der Waals surface area (Å²) in [6.45, 7) is 0.872. The fourth-order valence-corrected chi connectivity index (χ4v) is 1.43. The molecule has 0 radical (unpaired) electrons. The van der Waals surface area contributed by atoms with Gasteiger partial charge >= 0.3 is 0 Å². The second-order valence-electron chi connectivity index (χ2n) is 3.07. The highest BCUT2D eigenvalue weighted by Crippen LogP contribution is 2.29. The summed E-state index contributed by atoms with van der Waals surface area (Å²) in [4.78, 5) is 7.62. The van der Waals surface area contributed by atoms with Gasteiger partial charge in [-0.2, -0.15) is 0 Å². The molecular weight excluding hydrogens is 192 g/mol. The molecule has 2 heterocycles. The van der Waals surface area contributed by atoms with Gasteiger partial charge in [-0.05, 0) is 11.6 Å². The molecule has 1 saturated heterocycles. The van der Waals surface area contributed by atoms with E-state index in [1.54, 1.807) is 0 Å². The van der Waals surface area contributed by atoms with E-state index in [1.807, 2.05) is 0 Å². The summed E-state index contributed by atoms with van der Waals surface area (Å²) in [7, 11) is 0. The van der Waals surface area contributed by atoms with Gasteiger partial charge in [0.05, 0.1) is 6.61 Å². The number of hydrogen-bond acceptors (Lipinski definition) is 4. The molecule has 1 N–H and O–H groups in total. The number of halogens is 1. The Morgan fingerprint density at radius 2 is 2.15 bits per heavy atom. The Balaban J connectivity index is 2.29. The van der Waals surface area contributed by atoms with Crippen molar-refractivity contribution in [3.05, 3.63) is 23.2 Å². The summed E-state index contributed by atoms with van der Waals surface area (Å²) in [5.41, 5.74) is -0.265. The number of rotatable bonds is 1. The maximum absolute atomic E-state index is 10.0. The zero-order valence-corrected chi connectivity index (χ0v) is 7.66. The Kier molecular flexibility index (Phi) is 2.19. The van der Waals surface area contributed by atoms with Gasteiger partial charge in [0.15, 0.2) is 0 Å². The first-order valence-electron chi connectivity index (χ1n) is 3.99. The number of nitrogens with zero attached hydrogens (tertiary/aromatic N) is 2. The van der Waals surface area contributed by atoms with Gasteiger partial charge in [-0.1, -0.05) is 0 Å². The highest BCUT2D eigenvalue weighted by Gasteiger charge is 2.34. The average molecular weight is 201 g/mol. The number of ether oxygens (including phenoxy) is 1. The van der Waals surface area contributed by atoms with Gasteiger partial charge in [0.2, 0.25) is 5.28 Å². The van der Waals surface area contributed by atoms with E-state index in [-0.39, 0.29) is 5.28 Å². The van der Waals surface area contributed by atoms with E-state index in [9.17, 15) is 5.11 Å². The number of hydrogen-bond donors (Lipinski definition) is 1. The number of aliphatic hydroxyl groups is 1. The molecule has 0 unspecified atom stereocenters. The van der Waals surface area contributed by atoms with Crippen LogP contribution in [-0.2, 0) is 10.3 Å². The first kappa shape index (κ1) is 8.87. The molecule has 0 amide bonds. The van der Waals surface area contributed by atoms with Crippen LogP contribution in [0.25, 0.3) is 0 Å². The lowest BCUT2D eigenvalue weighted by atomic mass is 9.96. The van der Waals surface area contributed by atoms with Gasteiger partial charge in [-0.25, -0.2) is 9.97 Å². The molecule has 1 aromatic rings. The standard InChI is InChI=1S/C8H9ClN2O2/c9-7-10-3-6(4-11-7)8(12)1-2-13-5-8/h3-4,12H,1-2,5H2/t8-/m0/s1. The van der Waals surface area contributed by atoms with Crippen molar-refractivity contribution in [2.75, 3.05) is 13.2 Å². The van der Waals surface area contributed by atoms with Crippen LogP contribution in [0.5, 0.6) is 0 Å². The average Bonchev–Trinajstić information content (AvgIpc) is 2.54. The van der Waals surface area contributed by atoms with Gasteiger partial charge in [0.25, 0.3) is 0 Å². The van der Waals surface area contributed by atoms with Crippen molar-refractivity contribution in [3.8, 4) is 0 Å². The normalized spacial score (nSPS) is 27.8. The second-order valence-corrected chi connectivity index (χ2v) is 3.41. The topological polar surface area (TPSA) is 55.2 Å². The molecule has 1 fully saturated rings. The molecule has 1 aliphatic rings. The molecule has 0 spiro atoms. The van der Waals surface area contributed by atoms with Crippen molar-refractivity contribution in [2.45, 2.75) is 12.0 Å². The zero-order chi connectivity index (χ0) is 9.31. The maximum Gasteiger partial charge on any atom is 0.222 e. The molecule has 1 atom stereocenters. The quantitative estimate of drug-likeness (QED) is 0.680. The van der Waals surface area contributed by atoms with Gasteiger partial charge in [0.1, 0.15) is 5.60 Å². The lowest BCUT2D eigenvalue weighted by molar-refractivity contribution is 0.0226. The predicted octanol–water partition coefficient (Wildman–Crippen LogP) is 0.738. The fraction of sp³-hybridized carbons (Fsp3) is 0.500. The summed E-state index contributed by atoms with van der Waals surface area (Å²) in [5.74, 6) is 0. The largest absolute Gasteiger partial charge is 0.383 e. The highest BCUT2D eigenvalue weighted by atomic mass is 35.5. The van der Waals surface area contributed by atoms with Crippen LogP contribution in [0.1, 0.15) is 12.0 Å². The molecule has 4 nitrogen and oxygen atoms in total. The minimum atomic E-state index is -0.926. The molecule has 0 bridgehead atoms. The van der Waals surface area contributed by atoms with Crippen molar-refractivity contribution < 1.29 is 9.84 Å². The van der Waals surface area contributed by atoms with Crippen LogP contribution >= 0.6 is 11.6 Å². The Labute approximate surface area is 80.5 Å². The Morgan fingerprint density at radius 3 is 2.69 bits per heavy atom. The van der Waals surface area contributed by atoms with Gasteiger partial charge < -0.3 is 9.84 Å². The molecule has 0 saturated carbocycles. The minimum Gasteiger partial charge on any atom is -0.383 e. The molecule has 0 aliphatic carbocycles. The van der Waals surface area contributed by atoms with E-state index in [2.05, 4.69) is 9.97 Å². The first-order valence-corrected chi connectivity index (χ1v) is 4.37. The third-order valence-electron chi connectivity index (χ3n) is 2.16. The molecule has 5 heteroatoms. The second kappa shape index (κ2) is 3.21. The maximum atomic E-state index is 10.0. The molecular formula is C8H9ClN2O2. The van der Waals surface area contributed by atoms with Crippen LogP contribution in [0.15, 0.2) is 12.4 Å². The number of aromatic nitrogens is 2. The molecule has 1 aliphatic heterocycles. The summed E-state index contributed by atoms with van der Waals surface area (Å²) in [5, 5.41) is 10.2. The van der Waals surface area contributed by atoms with E-state index in [0.717, 1.165) is 0 Å². The minimum absolute atomic E-state index is 0.186. The van der Waals surface area contributed by atoms with Crippen molar-refractivity contribution in [1.29, 1.82) is 0 Å². The third-order valence-corrected chi connectivity index (χ3v) is 2.35. The summed E-state index contributed by atoms with van der Waals surface area (Å²) >= 11 is 5.53. The van der Waals surface area contributed by atoms with Crippen LogP contribution in [0.4, 0.5) is 0 Å². The highest BCUT2D eigenvalue weighted by molar-refractivity contribution is 6.28. The summed E-state index contributed by atoms with van der Waals surface area (Å²) in [6.07, 6.45) is 3.64. The van der Waals surface area contributed by atoms with Crippen LogP contribution in [0.2, 0.25) is 5.28 Å². The molecule has 70 valence electrons. The Hall–Kier alpha value is -0.710. The van der Waals surface area contributed by atoms with Crippen LogP contribution in [0, 0.1) is 0 Å². The van der Waals surface area contributed by atoms with Crippen LogP contribution < -0.4 is 0 Å². The molecule has 0 aromatic carbocycles. The molecule has 13 heavy (non-hydrogen) atoms. The van der Waals surface area contributed by atoms with Crippen LogP contribution in [-0.4, -0.2) is 28.3 Å². The zero-order valence-electron chi connectivity index (χ0n) is 6.90. The Morgan fingerprint density at radius 1 is 1.46 bits per heavy atom. The van der Waals surface area contributed by atoms with Gasteiger partial charge in [-0.15, -0.1) is 0 Å². The fourth-order valence-electron chi connectivity index (χ4n) is 1.33. The lowest BCUT2D eigenvalue weighted by Crippen LogP contribution is -2.25. The van der Waals surface area contributed by atoms with E-state index in [0.29, 0.717) is 25.2 Å². The SMILES string of the molecule is O[C@@]1(c2cnc(Cl)nc2)CCOC1. The monoisotopic (exact) mass is 200 g/mol. The first-order chi connectivity index (χ1) is 6.21. The lowest BCUT2D eigenvalue weighted by Gasteiger charge is -2.19. The summed E-state index contributed by atoms with van der Waals surface area (Å²) in [6, 6.07) is 0. The van der Waals surface area contributed by atoms with Crippen molar-refractivity contribution in [2.24, 2.45) is 0 Å².